The van der Waals surface area contributed by atoms with E-state index >= 15 is 0 Å². The van der Waals surface area contributed by atoms with Crippen molar-refractivity contribution in [2.45, 2.75) is 13.2 Å². The van der Waals surface area contributed by atoms with Gasteiger partial charge in [0.2, 0.25) is 0 Å². The topological polar surface area (TPSA) is 73.8 Å². The molecule has 2 aromatic carbocycles. The van der Waals surface area contributed by atoms with Crippen molar-refractivity contribution in [1.82, 2.24) is 0 Å². The molecule has 0 N–H and O–H groups in total. The Morgan fingerprint density at radius 2 is 0.794 bits per heavy atom. The fourth-order valence-electron chi connectivity index (χ4n) is 3.27. The smallest absolute Gasteiger partial charge is 0.0724 e. The zero-order valence-corrected chi connectivity index (χ0v) is 20.6. The normalized spacial score (nSPS) is 11.5. The van der Waals surface area contributed by atoms with Crippen LogP contribution in [0, 0.1) is 0 Å². The Balaban J connectivity index is 1.67. The molecular weight excluding hydrogens is 440 g/mol. The Labute approximate surface area is 203 Å². The van der Waals surface area contributed by atoms with Crippen molar-refractivity contribution in [2.75, 3.05) is 93.5 Å². The fraction of sp³-hybridized carbons (Fsp3) is 0.615. The van der Waals surface area contributed by atoms with Crippen LogP contribution in [0.2, 0.25) is 0 Å². The molecular formula is C26H40O8. The van der Waals surface area contributed by atoms with Crippen molar-refractivity contribution in [1.29, 1.82) is 0 Å². The second-order valence-electron chi connectivity index (χ2n) is 7.47. The quantitative estimate of drug-likeness (QED) is 0.238. The molecule has 0 saturated carbocycles. The van der Waals surface area contributed by atoms with Crippen molar-refractivity contribution < 1.29 is 37.9 Å². The van der Waals surface area contributed by atoms with E-state index in [9.17, 15) is 0 Å². The lowest BCUT2D eigenvalue weighted by atomic mass is 10.00. The van der Waals surface area contributed by atoms with Crippen molar-refractivity contribution in [3.8, 4) is 0 Å². The first-order chi connectivity index (χ1) is 16.9. The Morgan fingerprint density at radius 1 is 0.441 bits per heavy atom. The van der Waals surface area contributed by atoms with Gasteiger partial charge in [-0.3, -0.25) is 0 Å². The highest BCUT2D eigenvalue weighted by molar-refractivity contribution is 5.88. The van der Waals surface area contributed by atoms with Gasteiger partial charge in [0, 0.05) is 14.2 Å². The molecule has 0 radical (unpaired) electrons. The summed E-state index contributed by atoms with van der Waals surface area (Å²) < 4.78 is 43.4. The molecule has 0 aromatic heterocycles. The predicted molar refractivity (Wildman–Crippen MR) is 130 cm³/mol. The summed E-state index contributed by atoms with van der Waals surface area (Å²) in [5.41, 5.74) is 2.29. The second kappa shape index (κ2) is 19.7. The fourth-order valence-corrected chi connectivity index (χ4v) is 3.27. The molecule has 8 nitrogen and oxygen atoms in total. The molecule has 0 aliphatic carbocycles. The maximum atomic E-state index is 5.87. The van der Waals surface area contributed by atoms with E-state index in [1.807, 2.05) is 0 Å². The summed E-state index contributed by atoms with van der Waals surface area (Å²) >= 11 is 0. The first-order valence-corrected chi connectivity index (χ1v) is 11.8. The van der Waals surface area contributed by atoms with Crippen LogP contribution in [0.3, 0.4) is 0 Å². The van der Waals surface area contributed by atoms with E-state index < -0.39 is 0 Å². The maximum absolute atomic E-state index is 5.87. The third-order valence-corrected chi connectivity index (χ3v) is 4.94. The highest BCUT2D eigenvalue weighted by Crippen LogP contribution is 2.24. The molecule has 0 bridgehead atoms. The second-order valence-corrected chi connectivity index (χ2v) is 7.47. The summed E-state index contributed by atoms with van der Waals surface area (Å²) in [5, 5.41) is 2.36. The Morgan fingerprint density at radius 3 is 1.18 bits per heavy atom. The minimum absolute atomic E-state index is 0.522. The van der Waals surface area contributed by atoms with E-state index in [-0.39, 0.29) is 0 Å². The molecule has 0 unspecified atom stereocenters. The van der Waals surface area contributed by atoms with Crippen LogP contribution in [-0.4, -0.2) is 93.5 Å². The van der Waals surface area contributed by atoms with E-state index in [1.165, 1.54) is 10.8 Å². The zero-order valence-electron chi connectivity index (χ0n) is 20.6. The lowest BCUT2D eigenvalue weighted by Gasteiger charge is -2.13. The van der Waals surface area contributed by atoms with Crippen LogP contribution in [0.25, 0.3) is 10.8 Å². The average Bonchev–Trinajstić information content (AvgIpc) is 2.86. The molecule has 0 fully saturated rings. The van der Waals surface area contributed by atoms with Gasteiger partial charge < -0.3 is 37.9 Å². The number of benzene rings is 2. The monoisotopic (exact) mass is 480 g/mol. The third kappa shape index (κ3) is 12.2. The van der Waals surface area contributed by atoms with E-state index in [0.717, 1.165) is 11.1 Å². The van der Waals surface area contributed by atoms with Crippen LogP contribution >= 0.6 is 0 Å². The molecule has 0 aliphatic rings. The van der Waals surface area contributed by atoms with Gasteiger partial charge in [-0.2, -0.15) is 0 Å². The molecule has 0 saturated heterocycles. The molecule has 0 atom stereocenters. The predicted octanol–water partition coefficient (Wildman–Crippen LogP) is 3.23. The van der Waals surface area contributed by atoms with Crippen LogP contribution in [-0.2, 0) is 51.1 Å². The van der Waals surface area contributed by atoms with Crippen LogP contribution < -0.4 is 0 Å². The number of rotatable bonds is 22. The summed E-state index contributed by atoms with van der Waals surface area (Å²) in [7, 11) is 3.31. The molecule has 2 rings (SSSR count). The molecule has 34 heavy (non-hydrogen) atoms. The van der Waals surface area contributed by atoms with E-state index in [1.54, 1.807) is 14.2 Å². The Hall–Kier alpha value is -1.62. The first kappa shape index (κ1) is 28.6. The van der Waals surface area contributed by atoms with Crippen LogP contribution in [0.4, 0.5) is 0 Å². The summed E-state index contributed by atoms with van der Waals surface area (Å²) in [5.74, 6) is 0. The van der Waals surface area contributed by atoms with Gasteiger partial charge in [0.25, 0.3) is 0 Å². The summed E-state index contributed by atoms with van der Waals surface area (Å²) in [6, 6.07) is 12.5. The van der Waals surface area contributed by atoms with Crippen LogP contribution in [0.5, 0.6) is 0 Å². The van der Waals surface area contributed by atoms with Gasteiger partial charge in [-0.05, 0) is 21.9 Å². The van der Waals surface area contributed by atoms with Crippen LogP contribution in [0.15, 0.2) is 36.4 Å². The van der Waals surface area contributed by atoms with Gasteiger partial charge in [0.05, 0.1) is 92.5 Å². The van der Waals surface area contributed by atoms with Gasteiger partial charge in [-0.25, -0.2) is 0 Å². The number of methoxy groups -OCH3 is 2. The van der Waals surface area contributed by atoms with Crippen molar-refractivity contribution in [2.24, 2.45) is 0 Å². The number of hydrogen-bond acceptors (Lipinski definition) is 8. The van der Waals surface area contributed by atoms with Gasteiger partial charge in [-0.1, -0.05) is 36.4 Å². The van der Waals surface area contributed by atoms with Crippen molar-refractivity contribution in [3.63, 3.8) is 0 Å². The number of ether oxygens (including phenoxy) is 8. The SMILES string of the molecule is COCCOCCOCCOCc1cccc2cccc(COCCOCCOCCOC)c12. The summed E-state index contributed by atoms with van der Waals surface area (Å²) in [6.45, 7) is 7.74. The minimum Gasteiger partial charge on any atom is -0.382 e. The lowest BCUT2D eigenvalue weighted by Crippen LogP contribution is -2.11. The van der Waals surface area contributed by atoms with E-state index in [2.05, 4.69) is 36.4 Å². The average molecular weight is 481 g/mol. The third-order valence-electron chi connectivity index (χ3n) is 4.94. The minimum atomic E-state index is 0.522. The zero-order chi connectivity index (χ0) is 24.1. The lowest BCUT2D eigenvalue weighted by molar-refractivity contribution is 0.000526. The maximum Gasteiger partial charge on any atom is 0.0724 e. The summed E-state index contributed by atoms with van der Waals surface area (Å²) in [6.07, 6.45) is 0. The standard InChI is InChI=1S/C26H40O8/c1-27-9-11-29-13-15-31-17-19-33-21-24-7-3-5-23-6-4-8-25(26(23)24)22-34-20-18-32-16-14-30-12-10-28-2/h3-8H,9-22H2,1-2H3. The van der Waals surface area contributed by atoms with Gasteiger partial charge in [-0.15, -0.1) is 0 Å². The van der Waals surface area contributed by atoms with E-state index in [0.29, 0.717) is 92.5 Å². The van der Waals surface area contributed by atoms with Gasteiger partial charge >= 0.3 is 0 Å². The molecule has 0 heterocycles. The molecule has 192 valence electrons. The largest absolute Gasteiger partial charge is 0.382 e. The molecule has 0 spiro atoms. The highest BCUT2D eigenvalue weighted by Gasteiger charge is 2.07. The molecule has 0 aliphatic heterocycles. The van der Waals surface area contributed by atoms with Crippen LogP contribution in [0.1, 0.15) is 11.1 Å². The van der Waals surface area contributed by atoms with E-state index in [4.69, 9.17) is 37.9 Å². The number of fused-ring (bicyclic) bond motifs is 1. The van der Waals surface area contributed by atoms with Crippen molar-refractivity contribution >= 4 is 10.8 Å². The van der Waals surface area contributed by atoms with Gasteiger partial charge in [0.1, 0.15) is 0 Å². The first-order valence-electron chi connectivity index (χ1n) is 11.8. The Bertz CT molecular complexity index is 696. The summed E-state index contributed by atoms with van der Waals surface area (Å²) in [4.78, 5) is 0. The van der Waals surface area contributed by atoms with Crippen molar-refractivity contribution in [3.05, 3.63) is 47.5 Å². The molecule has 2 aromatic rings. The number of hydrogen-bond donors (Lipinski definition) is 0. The molecule has 8 heteroatoms. The molecule has 0 amide bonds. The van der Waals surface area contributed by atoms with Gasteiger partial charge in [0.15, 0.2) is 0 Å². The highest BCUT2D eigenvalue weighted by atomic mass is 16.6. The Kier molecular flexibility index (Phi) is 16.5.